The van der Waals surface area contributed by atoms with E-state index >= 15 is 0 Å². The molecule has 0 aromatic heterocycles. The molecule has 0 bridgehead atoms. The van der Waals surface area contributed by atoms with Crippen LogP contribution in [0.3, 0.4) is 0 Å². The Morgan fingerprint density at radius 3 is 1.98 bits per heavy atom. The van der Waals surface area contributed by atoms with E-state index in [9.17, 15) is 24.0 Å². The first-order chi connectivity index (χ1) is 23.9. The third kappa shape index (κ3) is 7.29. The molecule has 1 N–H and O–H groups in total. The summed E-state index contributed by atoms with van der Waals surface area (Å²) >= 11 is 0. The van der Waals surface area contributed by atoms with Crippen molar-refractivity contribution in [2.45, 2.75) is 37.3 Å². The topological polar surface area (TPSA) is 141 Å². The van der Waals surface area contributed by atoms with Crippen LogP contribution in [-0.4, -0.2) is 59.8 Å². The van der Waals surface area contributed by atoms with Gasteiger partial charge in [-0.05, 0) is 28.8 Å². The van der Waals surface area contributed by atoms with Crippen molar-refractivity contribution in [1.29, 1.82) is 0 Å². The number of amides is 3. The van der Waals surface area contributed by atoms with E-state index in [1.54, 1.807) is 91.0 Å². The highest BCUT2D eigenvalue weighted by atomic mass is 16.8. The molecule has 4 aromatic carbocycles. The number of alkyl carbamates (subject to hydrolysis) is 1. The minimum absolute atomic E-state index is 0.000517. The van der Waals surface area contributed by atoms with Crippen LogP contribution in [0.2, 0.25) is 0 Å². The van der Waals surface area contributed by atoms with Gasteiger partial charge in [0.25, 0.3) is 5.91 Å². The van der Waals surface area contributed by atoms with Crippen LogP contribution in [0.1, 0.15) is 35.6 Å². The lowest BCUT2D eigenvalue weighted by molar-refractivity contribution is -0.260. The standard InChI is InChI=1S/C37H33N3O9/c41-31(23-38-36(45)46-24-26-13-5-1-6-14-26)39(29-19-11-4-12-20-29)30-25-47-40(34(30)43)37(22-21-32(42)49-37)35(44)48-33(27-15-7-2-8-16-27)28-17-9-3-10-18-28/h1-20,30,33H,21-25H2,(H,38,45)/t30-,37?/m0/s1. The van der Waals surface area contributed by atoms with Crippen LogP contribution in [0.4, 0.5) is 10.5 Å². The van der Waals surface area contributed by atoms with Gasteiger partial charge in [0.05, 0.1) is 6.42 Å². The largest absolute Gasteiger partial charge is 0.448 e. The fourth-order valence-corrected chi connectivity index (χ4v) is 5.69. The number of cyclic esters (lactones) is 1. The zero-order valence-electron chi connectivity index (χ0n) is 26.3. The van der Waals surface area contributed by atoms with Gasteiger partial charge in [0.15, 0.2) is 6.10 Å². The predicted octanol–water partition coefficient (Wildman–Crippen LogP) is 4.45. The molecule has 4 aromatic rings. The zero-order valence-corrected chi connectivity index (χ0v) is 26.3. The van der Waals surface area contributed by atoms with Crippen molar-refractivity contribution >= 4 is 35.5 Å². The van der Waals surface area contributed by atoms with Gasteiger partial charge in [-0.2, -0.15) is 5.06 Å². The molecule has 1 unspecified atom stereocenters. The number of nitrogens with one attached hydrogen (secondary N) is 1. The summed E-state index contributed by atoms with van der Waals surface area (Å²) < 4.78 is 16.8. The number of hydrogen-bond acceptors (Lipinski definition) is 9. The molecule has 49 heavy (non-hydrogen) atoms. The van der Waals surface area contributed by atoms with Gasteiger partial charge in [-0.15, -0.1) is 0 Å². The molecule has 2 fully saturated rings. The van der Waals surface area contributed by atoms with Gasteiger partial charge in [0.1, 0.15) is 25.8 Å². The number of hydrogen-bond donors (Lipinski definition) is 1. The van der Waals surface area contributed by atoms with Gasteiger partial charge in [-0.1, -0.05) is 109 Å². The fourth-order valence-electron chi connectivity index (χ4n) is 5.69. The van der Waals surface area contributed by atoms with Crippen molar-refractivity contribution in [3.63, 3.8) is 0 Å². The van der Waals surface area contributed by atoms with Gasteiger partial charge in [0.2, 0.25) is 5.91 Å². The Labute approximate surface area is 282 Å². The zero-order chi connectivity index (χ0) is 34.2. The second-order valence-electron chi connectivity index (χ2n) is 11.3. The highest BCUT2D eigenvalue weighted by Crippen LogP contribution is 2.39. The SMILES string of the molecule is O=C1CCC(C(=O)OC(c2ccccc2)c2ccccc2)(N2OC[C@H](N(C(=O)CNC(=O)OCc3ccccc3)c3ccccc3)C2=O)O1. The number of anilines is 1. The summed E-state index contributed by atoms with van der Waals surface area (Å²) in [6, 6.07) is 34.1. The Kier molecular flexibility index (Phi) is 9.96. The first-order valence-corrected chi connectivity index (χ1v) is 15.7. The van der Waals surface area contributed by atoms with Gasteiger partial charge in [-0.25, -0.2) is 9.59 Å². The molecule has 12 nitrogen and oxygen atoms in total. The molecule has 6 rings (SSSR count). The van der Waals surface area contributed by atoms with Crippen LogP contribution in [0.5, 0.6) is 0 Å². The molecule has 250 valence electrons. The second-order valence-corrected chi connectivity index (χ2v) is 11.3. The van der Waals surface area contributed by atoms with E-state index in [1.807, 2.05) is 30.3 Å². The maximum atomic E-state index is 14.1. The molecular formula is C37H33N3O9. The number of ether oxygens (including phenoxy) is 3. The van der Waals surface area contributed by atoms with Crippen LogP contribution < -0.4 is 10.2 Å². The van der Waals surface area contributed by atoms with Crippen LogP contribution in [0.15, 0.2) is 121 Å². The average Bonchev–Trinajstić information content (AvgIpc) is 3.73. The van der Waals surface area contributed by atoms with E-state index < -0.39 is 54.3 Å². The molecule has 2 heterocycles. The molecule has 2 atom stereocenters. The Balaban J connectivity index is 1.22. The number of hydroxylamine groups is 2. The molecule has 12 heteroatoms. The highest BCUT2D eigenvalue weighted by molar-refractivity contribution is 6.04. The minimum atomic E-state index is -2.24. The third-order valence-electron chi connectivity index (χ3n) is 8.09. The number of nitrogens with zero attached hydrogens (tertiary/aromatic N) is 2. The molecule has 0 aliphatic carbocycles. The Bertz CT molecular complexity index is 1750. The van der Waals surface area contributed by atoms with E-state index in [0.29, 0.717) is 21.9 Å². The number of para-hydroxylation sites is 1. The minimum Gasteiger partial charge on any atom is -0.448 e. The molecule has 0 saturated carbocycles. The Morgan fingerprint density at radius 2 is 1.41 bits per heavy atom. The highest BCUT2D eigenvalue weighted by Gasteiger charge is 2.61. The maximum absolute atomic E-state index is 14.1. The molecular weight excluding hydrogens is 630 g/mol. The quantitative estimate of drug-likeness (QED) is 0.182. The third-order valence-corrected chi connectivity index (χ3v) is 8.09. The van der Waals surface area contributed by atoms with E-state index in [0.717, 1.165) is 5.56 Å². The molecule has 2 aliphatic rings. The van der Waals surface area contributed by atoms with Crippen LogP contribution in [0, 0.1) is 0 Å². The molecule has 0 radical (unpaired) electrons. The van der Waals surface area contributed by atoms with E-state index in [2.05, 4.69) is 5.32 Å². The normalized spacial score (nSPS) is 18.6. The number of benzene rings is 4. The molecule has 3 amide bonds. The Hall–Kier alpha value is -6.01. The first kappa shape index (κ1) is 32.9. The maximum Gasteiger partial charge on any atom is 0.407 e. The fraction of sp³-hybridized carbons (Fsp3) is 0.216. The van der Waals surface area contributed by atoms with Crippen LogP contribution >= 0.6 is 0 Å². The van der Waals surface area contributed by atoms with Gasteiger partial charge < -0.3 is 19.5 Å². The van der Waals surface area contributed by atoms with Crippen molar-refractivity contribution in [2.24, 2.45) is 0 Å². The smallest absolute Gasteiger partial charge is 0.407 e. The van der Waals surface area contributed by atoms with Gasteiger partial charge >= 0.3 is 23.8 Å². The van der Waals surface area contributed by atoms with Crippen molar-refractivity contribution in [3.05, 3.63) is 138 Å². The van der Waals surface area contributed by atoms with Gasteiger partial charge in [0, 0.05) is 12.1 Å². The first-order valence-electron chi connectivity index (χ1n) is 15.7. The van der Waals surface area contributed by atoms with Crippen molar-refractivity contribution in [2.75, 3.05) is 18.1 Å². The molecule has 2 aliphatic heterocycles. The van der Waals surface area contributed by atoms with Crippen molar-refractivity contribution in [1.82, 2.24) is 10.4 Å². The molecule has 2 saturated heterocycles. The van der Waals surface area contributed by atoms with E-state index in [4.69, 9.17) is 19.0 Å². The summed E-state index contributed by atoms with van der Waals surface area (Å²) in [5, 5.41) is 3.14. The summed E-state index contributed by atoms with van der Waals surface area (Å²) in [4.78, 5) is 73.9. The summed E-state index contributed by atoms with van der Waals surface area (Å²) in [6.07, 6.45) is -2.13. The number of carbonyl (C=O) groups excluding carboxylic acids is 5. The molecule has 0 spiro atoms. The van der Waals surface area contributed by atoms with E-state index in [-0.39, 0.29) is 26.1 Å². The number of carbonyl (C=O) groups is 5. The lowest BCUT2D eigenvalue weighted by Crippen LogP contribution is -2.58. The summed E-state index contributed by atoms with van der Waals surface area (Å²) in [5.74, 6) is -3.20. The van der Waals surface area contributed by atoms with Crippen molar-refractivity contribution < 1.29 is 43.0 Å². The Morgan fingerprint density at radius 1 is 0.837 bits per heavy atom. The summed E-state index contributed by atoms with van der Waals surface area (Å²) in [6.45, 7) is -0.880. The van der Waals surface area contributed by atoms with E-state index in [1.165, 1.54) is 4.90 Å². The lowest BCUT2D eigenvalue weighted by atomic mass is 10.0. The van der Waals surface area contributed by atoms with Gasteiger partial charge in [-0.3, -0.25) is 24.1 Å². The van der Waals surface area contributed by atoms with Crippen LogP contribution in [-0.2, 0) is 44.8 Å². The predicted molar refractivity (Wildman–Crippen MR) is 174 cm³/mol. The number of esters is 2. The van der Waals surface area contributed by atoms with Crippen LogP contribution in [0.25, 0.3) is 0 Å². The summed E-state index contributed by atoms with van der Waals surface area (Å²) in [5.41, 5.74) is 0.175. The summed E-state index contributed by atoms with van der Waals surface area (Å²) in [7, 11) is 0. The number of rotatable bonds is 11. The lowest BCUT2D eigenvalue weighted by Gasteiger charge is -2.34. The monoisotopic (exact) mass is 663 g/mol. The second kappa shape index (κ2) is 14.8. The van der Waals surface area contributed by atoms with Crippen molar-refractivity contribution in [3.8, 4) is 0 Å². The average molecular weight is 664 g/mol.